The number of rotatable bonds is 5. The first-order chi connectivity index (χ1) is 18.3. The van der Waals surface area contributed by atoms with Crippen molar-refractivity contribution in [1.29, 1.82) is 0 Å². The van der Waals surface area contributed by atoms with Crippen molar-refractivity contribution in [3.05, 3.63) is 58.3 Å². The van der Waals surface area contributed by atoms with Crippen LogP contribution in [0.4, 0.5) is 0 Å². The van der Waals surface area contributed by atoms with Crippen LogP contribution in [-0.2, 0) is 27.3 Å². The molecule has 1 aromatic carbocycles. The van der Waals surface area contributed by atoms with Gasteiger partial charge in [-0.25, -0.2) is 0 Å². The minimum absolute atomic E-state index is 0.0259. The summed E-state index contributed by atoms with van der Waals surface area (Å²) in [7, 11) is 6.95. The van der Waals surface area contributed by atoms with Gasteiger partial charge in [0.25, 0.3) is 5.91 Å². The summed E-state index contributed by atoms with van der Waals surface area (Å²) in [6.45, 7) is 0.567. The van der Waals surface area contributed by atoms with Crippen molar-refractivity contribution in [3.63, 3.8) is 0 Å². The van der Waals surface area contributed by atoms with Crippen LogP contribution in [0, 0.1) is 11.8 Å². The molecule has 3 aliphatic carbocycles. The van der Waals surface area contributed by atoms with Gasteiger partial charge in [0.1, 0.15) is 28.6 Å². The largest absolute Gasteiger partial charge is 0.508 e. The van der Waals surface area contributed by atoms with Gasteiger partial charge in [0, 0.05) is 17.1 Å². The van der Waals surface area contributed by atoms with Crippen molar-refractivity contribution in [1.82, 2.24) is 9.80 Å². The zero-order chi connectivity index (χ0) is 28.5. The fourth-order valence-corrected chi connectivity index (χ4v) is 6.43. The Morgan fingerprint density at radius 3 is 2.46 bits per heavy atom. The molecule has 11 nitrogen and oxygen atoms in total. The van der Waals surface area contributed by atoms with E-state index in [0.29, 0.717) is 23.4 Å². The van der Waals surface area contributed by atoms with Crippen LogP contribution in [0.3, 0.4) is 0 Å². The number of likely N-dealkylation sites (N-methyl/N-ethyl adjacent to an activating group) is 1. The number of Topliss-reactive ketones (excluding diaryl/α,β-unsaturated/α-hetero) is 2. The fraction of sp³-hybridized carbons (Fsp3) is 0.393. The Hall–Kier alpha value is -3.93. The van der Waals surface area contributed by atoms with Crippen molar-refractivity contribution >= 4 is 23.2 Å². The number of nitrogens with two attached hydrogens (primary N) is 1. The summed E-state index contributed by atoms with van der Waals surface area (Å²) in [4.78, 5) is 42.6. The number of aliphatic hydroxyl groups is 3. The molecule has 11 heteroatoms. The Morgan fingerprint density at radius 2 is 1.85 bits per heavy atom. The Balaban J connectivity index is 1.69. The van der Waals surface area contributed by atoms with Crippen LogP contribution in [0.5, 0.6) is 5.75 Å². The molecule has 0 unspecified atom stereocenters. The number of hydrogen-bond donors (Lipinski definition) is 5. The molecule has 2 aromatic rings. The maximum Gasteiger partial charge on any atom is 0.255 e. The number of hydrogen-bond acceptors (Lipinski definition) is 10. The van der Waals surface area contributed by atoms with Crippen molar-refractivity contribution in [3.8, 4) is 16.9 Å². The van der Waals surface area contributed by atoms with Crippen molar-refractivity contribution in [2.45, 2.75) is 31.0 Å². The molecule has 3 aliphatic rings. The van der Waals surface area contributed by atoms with Crippen LogP contribution in [0.2, 0.25) is 0 Å². The first kappa shape index (κ1) is 26.7. The molecule has 6 N–H and O–H groups in total. The second kappa shape index (κ2) is 9.08. The molecule has 0 spiro atoms. The molecule has 1 aromatic heterocycles. The van der Waals surface area contributed by atoms with Crippen LogP contribution in [-0.4, -0.2) is 87.5 Å². The molecule has 39 heavy (non-hydrogen) atoms. The zero-order valence-electron chi connectivity index (χ0n) is 22.1. The van der Waals surface area contributed by atoms with Crippen molar-refractivity contribution in [2.24, 2.45) is 17.6 Å². The van der Waals surface area contributed by atoms with Crippen LogP contribution < -0.4 is 5.73 Å². The summed E-state index contributed by atoms with van der Waals surface area (Å²) in [5.74, 6) is -6.05. The summed E-state index contributed by atoms with van der Waals surface area (Å²) >= 11 is 0. The van der Waals surface area contributed by atoms with Crippen LogP contribution in [0.1, 0.15) is 23.3 Å². The number of ketones is 2. The molecule has 1 fully saturated rings. The molecule has 0 aliphatic heterocycles. The summed E-state index contributed by atoms with van der Waals surface area (Å²) in [5, 5.41) is 44.7. The summed E-state index contributed by atoms with van der Waals surface area (Å²) in [6.07, 6.45) is 1.81. The van der Waals surface area contributed by atoms with Gasteiger partial charge in [-0.1, -0.05) is 6.07 Å². The van der Waals surface area contributed by atoms with Crippen LogP contribution >= 0.6 is 0 Å². The van der Waals surface area contributed by atoms with E-state index in [0.717, 1.165) is 5.56 Å². The highest BCUT2D eigenvalue weighted by Gasteiger charge is 2.64. The monoisotopic (exact) mass is 537 g/mol. The van der Waals surface area contributed by atoms with E-state index in [1.54, 1.807) is 26.4 Å². The molecule has 0 bridgehead atoms. The molecule has 5 rings (SSSR count). The van der Waals surface area contributed by atoms with E-state index in [-0.39, 0.29) is 29.7 Å². The predicted octanol–water partition coefficient (Wildman–Crippen LogP) is 1.29. The third-order valence-electron chi connectivity index (χ3n) is 8.04. The van der Waals surface area contributed by atoms with Gasteiger partial charge in [-0.2, -0.15) is 0 Å². The lowest BCUT2D eigenvalue weighted by atomic mass is 9.57. The molecule has 206 valence electrons. The Morgan fingerprint density at radius 1 is 1.15 bits per heavy atom. The molecule has 0 radical (unpaired) electrons. The van der Waals surface area contributed by atoms with Gasteiger partial charge in [-0.3, -0.25) is 19.3 Å². The third-order valence-corrected chi connectivity index (χ3v) is 8.04. The second-order valence-electron chi connectivity index (χ2n) is 11.0. The lowest BCUT2D eigenvalue weighted by Gasteiger charge is -2.50. The summed E-state index contributed by atoms with van der Waals surface area (Å²) in [6, 6.07) is 3.84. The summed E-state index contributed by atoms with van der Waals surface area (Å²) < 4.78 is 5.70. The number of aromatic hydroxyl groups is 1. The van der Waals surface area contributed by atoms with Gasteiger partial charge in [0.05, 0.1) is 24.4 Å². The highest BCUT2D eigenvalue weighted by atomic mass is 16.3. The third kappa shape index (κ3) is 3.80. The Kier molecular flexibility index (Phi) is 6.21. The highest BCUT2D eigenvalue weighted by Crippen LogP contribution is 2.53. The van der Waals surface area contributed by atoms with Crippen molar-refractivity contribution in [2.75, 3.05) is 28.2 Å². The number of carbonyl (C=O) groups excluding carboxylic acids is 3. The SMILES string of the molecule is CN(C)Cc1cc(-c2ccc(O)c3c2C[C@H]2C[C@H]4[C@H](N(C)C)C(=O)C(C(N)=O)=C(O)[C@@]4(O)C(=O)C2=C3O)co1. The van der Waals surface area contributed by atoms with Crippen LogP contribution in [0.15, 0.2) is 45.8 Å². The molecule has 1 saturated carbocycles. The quantitative estimate of drug-likeness (QED) is 0.349. The van der Waals surface area contributed by atoms with E-state index in [1.807, 2.05) is 25.1 Å². The van der Waals surface area contributed by atoms with Gasteiger partial charge in [-0.15, -0.1) is 0 Å². The number of furan rings is 1. The average Bonchev–Trinajstić information content (AvgIpc) is 3.28. The number of carbonyl (C=O) groups is 3. The predicted molar refractivity (Wildman–Crippen MR) is 139 cm³/mol. The number of fused-ring (bicyclic) bond motifs is 3. The number of phenols is 1. The Bertz CT molecular complexity index is 1480. The number of phenolic OH excluding ortho intramolecular Hbond substituents is 1. The van der Waals surface area contributed by atoms with Crippen molar-refractivity contribution < 1.29 is 39.2 Å². The van der Waals surface area contributed by atoms with Gasteiger partial charge in [0.2, 0.25) is 5.78 Å². The normalized spacial score (nSPS) is 26.7. The van der Waals surface area contributed by atoms with E-state index in [9.17, 15) is 34.8 Å². The lowest BCUT2D eigenvalue weighted by Crippen LogP contribution is -2.65. The van der Waals surface area contributed by atoms with E-state index >= 15 is 0 Å². The fourth-order valence-electron chi connectivity index (χ4n) is 6.43. The minimum Gasteiger partial charge on any atom is -0.508 e. The van der Waals surface area contributed by atoms with Gasteiger partial charge in [-0.05, 0) is 70.2 Å². The van der Waals surface area contributed by atoms with Gasteiger partial charge in [0.15, 0.2) is 11.4 Å². The molecule has 1 amide bonds. The first-order valence-electron chi connectivity index (χ1n) is 12.5. The first-order valence-corrected chi connectivity index (χ1v) is 12.5. The maximum atomic E-state index is 13.9. The van der Waals surface area contributed by atoms with Crippen LogP contribution in [0.25, 0.3) is 16.9 Å². The second-order valence-corrected chi connectivity index (χ2v) is 11.0. The average molecular weight is 538 g/mol. The standard InChI is InChI=1S/C28H31N3O8/c1-30(2)10-14-7-13(11-39-14)15-5-6-18(32)20-16(15)8-12-9-17-22(31(3)4)24(34)21(27(29)37)26(36)28(17,38)25(35)19(12)23(20)33/h5-7,11-12,17,22,32-33,36,38H,8-10H2,1-4H3,(H2,29,37)/t12-,17-,22-,28-/m0/s1. The van der Waals surface area contributed by atoms with E-state index in [2.05, 4.69) is 0 Å². The Labute approximate surface area is 224 Å². The van der Waals surface area contributed by atoms with E-state index < -0.39 is 58.0 Å². The molecule has 1 heterocycles. The van der Waals surface area contributed by atoms with E-state index in [1.165, 1.54) is 11.0 Å². The minimum atomic E-state index is -2.66. The molecular weight excluding hydrogens is 506 g/mol. The number of amides is 1. The smallest absolute Gasteiger partial charge is 0.255 e. The number of primary amides is 1. The highest BCUT2D eigenvalue weighted by molar-refractivity contribution is 6.24. The van der Waals surface area contributed by atoms with Gasteiger partial charge < -0.3 is 35.5 Å². The maximum absolute atomic E-state index is 13.9. The topological polar surface area (TPSA) is 178 Å². The molecular formula is C28H31N3O8. The van der Waals surface area contributed by atoms with E-state index in [4.69, 9.17) is 10.2 Å². The van der Waals surface area contributed by atoms with Gasteiger partial charge >= 0.3 is 0 Å². The zero-order valence-corrected chi connectivity index (χ0v) is 22.1. The lowest BCUT2D eigenvalue weighted by molar-refractivity contribution is -0.153. The molecule has 4 atom stereocenters. The number of nitrogens with zero attached hydrogens (tertiary/aromatic N) is 2. The number of aliphatic hydroxyl groups excluding tert-OH is 2. The molecule has 0 saturated heterocycles. The number of benzene rings is 1. The summed E-state index contributed by atoms with van der Waals surface area (Å²) in [5.41, 5.74) is 3.71.